The SMILES string of the molecule is Cc1ccc(NS(=O)(=O)c2ccc(C(=O)N3CCSC[C@@H]3C#N)cc2)cc1C. The summed E-state index contributed by atoms with van der Waals surface area (Å²) < 4.78 is 27.8. The van der Waals surface area contributed by atoms with Crippen LogP contribution in [0.1, 0.15) is 21.5 Å². The Labute approximate surface area is 169 Å². The summed E-state index contributed by atoms with van der Waals surface area (Å²) in [6.45, 7) is 4.39. The van der Waals surface area contributed by atoms with Crippen molar-refractivity contribution in [2.24, 2.45) is 0 Å². The van der Waals surface area contributed by atoms with E-state index < -0.39 is 16.1 Å². The molecule has 1 atom stereocenters. The number of hydrogen-bond donors (Lipinski definition) is 1. The fourth-order valence-electron chi connectivity index (χ4n) is 2.92. The van der Waals surface area contributed by atoms with Crippen LogP contribution in [0.5, 0.6) is 0 Å². The number of amides is 1. The number of nitrogens with one attached hydrogen (secondary N) is 1. The van der Waals surface area contributed by atoms with Gasteiger partial charge in [0.25, 0.3) is 15.9 Å². The molecule has 1 aliphatic heterocycles. The lowest BCUT2D eigenvalue weighted by Crippen LogP contribution is -2.45. The van der Waals surface area contributed by atoms with Crippen LogP contribution in [0.4, 0.5) is 5.69 Å². The molecular weight excluding hydrogens is 394 g/mol. The van der Waals surface area contributed by atoms with Gasteiger partial charge in [0.2, 0.25) is 0 Å². The van der Waals surface area contributed by atoms with E-state index >= 15 is 0 Å². The molecule has 1 heterocycles. The number of anilines is 1. The zero-order chi connectivity index (χ0) is 20.3. The number of aryl methyl sites for hydroxylation is 2. The van der Waals surface area contributed by atoms with Gasteiger partial charge in [-0.15, -0.1) is 0 Å². The summed E-state index contributed by atoms with van der Waals surface area (Å²) in [6.07, 6.45) is 0. The number of sulfonamides is 1. The number of hydrogen-bond acceptors (Lipinski definition) is 5. The van der Waals surface area contributed by atoms with Gasteiger partial charge in [-0.25, -0.2) is 8.42 Å². The summed E-state index contributed by atoms with van der Waals surface area (Å²) in [4.78, 5) is 14.3. The van der Waals surface area contributed by atoms with Gasteiger partial charge in [0, 0.05) is 29.3 Å². The number of nitriles is 1. The topological polar surface area (TPSA) is 90.3 Å². The largest absolute Gasteiger partial charge is 0.321 e. The van der Waals surface area contributed by atoms with Gasteiger partial charge >= 0.3 is 0 Å². The van der Waals surface area contributed by atoms with E-state index in [0.717, 1.165) is 16.9 Å². The van der Waals surface area contributed by atoms with Crippen LogP contribution in [0.25, 0.3) is 0 Å². The van der Waals surface area contributed by atoms with Gasteiger partial charge in [-0.1, -0.05) is 6.07 Å². The van der Waals surface area contributed by atoms with E-state index in [-0.39, 0.29) is 10.8 Å². The molecule has 28 heavy (non-hydrogen) atoms. The highest BCUT2D eigenvalue weighted by atomic mass is 32.2. The normalized spacial score (nSPS) is 17.0. The van der Waals surface area contributed by atoms with Crippen LogP contribution in [0, 0.1) is 25.2 Å². The summed E-state index contributed by atoms with van der Waals surface area (Å²) in [5.74, 6) is 1.13. The molecular formula is C20H21N3O3S2. The molecule has 2 aromatic carbocycles. The van der Waals surface area contributed by atoms with Crippen LogP contribution in [0.2, 0.25) is 0 Å². The summed E-state index contributed by atoms with van der Waals surface area (Å²) in [7, 11) is -3.76. The predicted molar refractivity (Wildman–Crippen MR) is 111 cm³/mol. The molecule has 146 valence electrons. The van der Waals surface area contributed by atoms with E-state index in [0.29, 0.717) is 23.5 Å². The first-order valence-corrected chi connectivity index (χ1v) is 11.4. The van der Waals surface area contributed by atoms with Crippen molar-refractivity contribution >= 4 is 33.4 Å². The Morgan fingerprint density at radius 2 is 1.89 bits per heavy atom. The maximum absolute atomic E-state index is 12.7. The van der Waals surface area contributed by atoms with Crippen molar-refractivity contribution in [2.45, 2.75) is 24.8 Å². The first-order chi connectivity index (χ1) is 13.3. The lowest BCUT2D eigenvalue weighted by atomic mass is 10.1. The molecule has 1 amide bonds. The lowest BCUT2D eigenvalue weighted by molar-refractivity contribution is 0.0737. The first-order valence-electron chi connectivity index (χ1n) is 8.80. The standard InChI is InChI=1S/C20H21N3O3S2/c1-14-3-6-17(11-15(14)2)22-28(25,26)19-7-4-16(5-8-19)20(24)23-9-10-27-13-18(23)12-21/h3-8,11,18,22H,9-10,13H2,1-2H3/t18-/m0/s1. The smallest absolute Gasteiger partial charge is 0.261 e. The molecule has 0 spiro atoms. The molecule has 8 heteroatoms. The van der Waals surface area contributed by atoms with E-state index in [1.807, 2.05) is 19.9 Å². The molecule has 3 rings (SSSR count). The molecule has 2 aromatic rings. The fraction of sp³-hybridized carbons (Fsp3) is 0.300. The van der Waals surface area contributed by atoms with E-state index in [1.54, 1.807) is 28.8 Å². The highest BCUT2D eigenvalue weighted by Crippen LogP contribution is 2.22. The van der Waals surface area contributed by atoms with Gasteiger partial charge in [0.15, 0.2) is 0 Å². The fourth-order valence-corrected chi connectivity index (χ4v) is 4.93. The molecule has 0 radical (unpaired) electrons. The molecule has 0 aliphatic carbocycles. The molecule has 1 fully saturated rings. The number of nitrogens with zero attached hydrogens (tertiary/aromatic N) is 2. The molecule has 0 bridgehead atoms. The summed E-state index contributed by atoms with van der Waals surface area (Å²) >= 11 is 1.65. The van der Waals surface area contributed by atoms with Crippen molar-refractivity contribution < 1.29 is 13.2 Å². The van der Waals surface area contributed by atoms with Crippen molar-refractivity contribution in [1.29, 1.82) is 5.26 Å². The van der Waals surface area contributed by atoms with Crippen LogP contribution < -0.4 is 4.72 Å². The predicted octanol–water partition coefficient (Wildman–Crippen LogP) is 3.19. The summed E-state index contributed by atoms with van der Waals surface area (Å²) in [5.41, 5.74) is 2.94. The van der Waals surface area contributed by atoms with Gasteiger partial charge in [-0.05, 0) is 61.4 Å². The van der Waals surface area contributed by atoms with Crippen LogP contribution in [-0.2, 0) is 10.0 Å². The minimum Gasteiger partial charge on any atom is -0.321 e. The van der Waals surface area contributed by atoms with Crippen molar-refractivity contribution in [3.05, 3.63) is 59.2 Å². The third kappa shape index (κ3) is 4.32. The number of carbonyl (C=O) groups excluding carboxylic acids is 1. The number of carbonyl (C=O) groups is 1. The van der Waals surface area contributed by atoms with Crippen molar-refractivity contribution in [3.63, 3.8) is 0 Å². The third-order valence-electron chi connectivity index (χ3n) is 4.71. The van der Waals surface area contributed by atoms with Gasteiger partial charge in [0.05, 0.1) is 11.0 Å². The Morgan fingerprint density at radius 3 is 2.54 bits per heavy atom. The Kier molecular flexibility index (Phi) is 5.96. The highest BCUT2D eigenvalue weighted by molar-refractivity contribution is 7.99. The summed E-state index contributed by atoms with van der Waals surface area (Å²) in [5, 5.41) is 9.24. The van der Waals surface area contributed by atoms with Crippen molar-refractivity contribution in [2.75, 3.05) is 22.8 Å². The first kappa shape index (κ1) is 20.2. The minimum atomic E-state index is -3.76. The third-order valence-corrected chi connectivity index (χ3v) is 7.13. The highest BCUT2D eigenvalue weighted by Gasteiger charge is 2.28. The number of thioether (sulfide) groups is 1. The zero-order valence-corrected chi connectivity index (χ0v) is 17.3. The number of benzene rings is 2. The average molecular weight is 416 g/mol. The molecule has 0 saturated carbocycles. The quantitative estimate of drug-likeness (QED) is 0.828. The van der Waals surface area contributed by atoms with Crippen molar-refractivity contribution in [1.82, 2.24) is 4.90 Å². The van der Waals surface area contributed by atoms with Gasteiger partial charge < -0.3 is 4.90 Å². The van der Waals surface area contributed by atoms with Crippen LogP contribution >= 0.6 is 11.8 Å². The lowest BCUT2D eigenvalue weighted by Gasteiger charge is -2.31. The average Bonchev–Trinajstić information content (AvgIpc) is 2.70. The molecule has 1 aliphatic rings. The Hall–Kier alpha value is -2.50. The van der Waals surface area contributed by atoms with E-state index in [2.05, 4.69) is 10.8 Å². The van der Waals surface area contributed by atoms with E-state index in [9.17, 15) is 18.5 Å². The molecule has 6 nitrogen and oxygen atoms in total. The van der Waals surface area contributed by atoms with Crippen LogP contribution in [-0.4, -0.2) is 43.3 Å². The second kappa shape index (κ2) is 8.25. The molecule has 1 saturated heterocycles. The molecule has 0 unspecified atom stereocenters. The summed E-state index contributed by atoms with van der Waals surface area (Å²) in [6, 6.07) is 12.9. The van der Waals surface area contributed by atoms with Gasteiger partial charge in [-0.2, -0.15) is 17.0 Å². The second-order valence-electron chi connectivity index (χ2n) is 6.65. The van der Waals surface area contributed by atoms with E-state index in [4.69, 9.17) is 0 Å². The Balaban J connectivity index is 1.78. The zero-order valence-electron chi connectivity index (χ0n) is 15.7. The number of rotatable bonds is 4. The second-order valence-corrected chi connectivity index (χ2v) is 9.48. The monoisotopic (exact) mass is 415 g/mol. The van der Waals surface area contributed by atoms with Crippen molar-refractivity contribution in [3.8, 4) is 6.07 Å². The van der Waals surface area contributed by atoms with E-state index in [1.165, 1.54) is 24.3 Å². The molecule has 0 aromatic heterocycles. The van der Waals surface area contributed by atoms with Gasteiger partial charge in [-0.3, -0.25) is 9.52 Å². The maximum Gasteiger partial charge on any atom is 0.261 e. The van der Waals surface area contributed by atoms with Crippen LogP contribution in [0.15, 0.2) is 47.4 Å². The maximum atomic E-state index is 12.7. The Bertz CT molecular complexity index is 1030. The molecule has 1 N–H and O–H groups in total. The van der Waals surface area contributed by atoms with Gasteiger partial charge in [0.1, 0.15) is 6.04 Å². The van der Waals surface area contributed by atoms with Crippen LogP contribution in [0.3, 0.4) is 0 Å². The Morgan fingerprint density at radius 1 is 1.18 bits per heavy atom. The minimum absolute atomic E-state index is 0.0771.